The summed E-state index contributed by atoms with van der Waals surface area (Å²) in [6, 6.07) is 12.3. The molecule has 1 N–H and O–H groups in total. The Morgan fingerprint density at radius 2 is 1.88 bits per heavy atom. The first-order valence-electron chi connectivity index (χ1n) is 5.15. The molecule has 0 spiro atoms. The SMILES string of the molecule is Cc1ccc(NCc2ccc(Br)cc2)cn1. The number of hydrogen-bond donors (Lipinski definition) is 1. The quantitative estimate of drug-likeness (QED) is 0.923. The van der Waals surface area contributed by atoms with Gasteiger partial charge in [0.05, 0.1) is 11.9 Å². The lowest BCUT2D eigenvalue weighted by molar-refractivity contribution is 1.12. The standard InChI is InChI=1S/C13H13BrN2/c1-10-2-7-13(9-15-10)16-8-11-3-5-12(14)6-4-11/h2-7,9,16H,8H2,1H3. The minimum atomic E-state index is 0.817. The fraction of sp³-hybridized carbons (Fsp3) is 0.154. The third-order valence-electron chi connectivity index (χ3n) is 2.32. The van der Waals surface area contributed by atoms with Crippen LogP contribution >= 0.6 is 15.9 Å². The van der Waals surface area contributed by atoms with E-state index in [0.29, 0.717) is 0 Å². The highest BCUT2D eigenvalue weighted by atomic mass is 79.9. The molecule has 0 aliphatic rings. The summed E-state index contributed by atoms with van der Waals surface area (Å²) >= 11 is 3.42. The summed E-state index contributed by atoms with van der Waals surface area (Å²) in [7, 11) is 0. The minimum Gasteiger partial charge on any atom is -0.380 e. The van der Waals surface area contributed by atoms with Crippen LogP contribution < -0.4 is 5.32 Å². The lowest BCUT2D eigenvalue weighted by Crippen LogP contribution is -1.99. The summed E-state index contributed by atoms with van der Waals surface area (Å²) in [5.41, 5.74) is 3.34. The predicted molar refractivity (Wildman–Crippen MR) is 70.4 cm³/mol. The fourth-order valence-corrected chi connectivity index (χ4v) is 1.64. The molecule has 3 heteroatoms. The van der Waals surface area contributed by atoms with Crippen molar-refractivity contribution in [1.82, 2.24) is 4.98 Å². The second-order valence-corrected chi connectivity index (χ2v) is 4.58. The maximum absolute atomic E-state index is 4.24. The normalized spacial score (nSPS) is 10.1. The van der Waals surface area contributed by atoms with Crippen molar-refractivity contribution >= 4 is 21.6 Å². The lowest BCUT2D eigenvalue weighted by Gasteiger charge is -2.06. The van der Waals surface area contributed by atoms with Gasteiger partial charge in [0.2, 0.25) is 0 Å². The first-order valence-corrected chi connectivity index (χ1v) is 5.94. The number of rotatable bonds is 3. The van der Waals surface area contributed by atoms with Crippen LogP contribution in [-0.2, 0) is 6.54 Å². The molecule has 16 heavy (non-hydrogen) atoms. The van der Waals surface area contributed by atoms with Crippen molar-refractivity contribution in [3.63, 3.8) is 0 Å². The van der Waals surface area contributed by atoms with Crippen LogP contribution in [0.25, 0.3) is 0 Å². The van der Waals surface area contributed by atoms with Crippen LogP contribution in [-0.4, -0.2) is 4.98 Å². The number of halogens is 1. The van der Waals surface area contributed by atoms with E-state index in [1.165, 1.54) is 5.56 Å². The van der Waals surface area contributed by atoms with E-state index in [0.717, 1.165) is 22.4 Å². The zero-order chi connectivity index (χ0) is 11.4. The zero-order valence-corrected chi connectivity index (χ0v) is 10.7. The average Bonchev–Trinajstić information content (AvgIpc) is 2.30. The Kier molecular flexibility index (Phi) is 3.57. The minimum absolute atomic E-state index is 0.817. The van der Waals surface area contributed by atoms with Crippen LogP contribution in [0, 0.1) is 6.92 Å². The highest BCUT2D eigenvalue weighted by Gasteiger charge is 1.94. The molecule has 1 aromatic carbocycles. The third-order valence-corrected chi connectivity index (χ3v) is 2.85. The van der Waals surface area contributed by atoms with Crippen molar-refractivity contribution in [2.75, 3.05) is 5.32 Å². The van der Waals surface area contributed by atoms with E-state index >= 15 is 0 Å². The third kappa shape index (κ3) is 3.07. The van der Waals surface area contributed by atoms with E-state index in [-0.39, 0.29) is 0 Å². The number of nitrogens with zero attached hydrogens (tertiary/aromatic N) is 1. The molecule has 0 aliphatic heterocycles. The summed E-state index contributed by atoms with van der Waals surface area (Å²) in [6.45, 7) is 2.80. The van der Waals surface area contributed by atoms with Crippen LogP contribution in [0.5, 0.6) is 0 Å². The number of hydrogen-bond acceptors (Lipinski definition) is 2. The summed E-state index contributed by atoms with van der Waals surface area (Å²) in [4.78, 5) is 4.24. The molecular weight excluding hydrogens is 264 g/mol. The Hall–Kier alpha value is -1.35. The van der Waals surface area contributed by atoms with Crippen molar-refractivity contribution < 1.29 is 0 Å². The number of pyridine rings is 1. The van der Waals surface area contributed by atoms with Gasteiger partial charge in [-0.05, 0) is 36.8 Å². The van der Waals surface area contributed by atoms with Gasteiger partial charge in [-0.15, -0.1) is 0 Å². The van der Waals surface area contributed by atoms with Crippen molar-refractivity contribution in [2.45, 2.75) is 13.5 Å². The van der Waals surface area contributed by atoms with Gasteiger partial charge in [0.1, 0.15) is 0 Å². The smallest absolute Gasteiger partial charge is 0.0529 e. The fourth-order valence-electron chi connectivity index (χ4n) is 1.38. The maximum Gasteiger partial charge on any atom is 0.0529 e. The molecule has 0 radical (unpaired) electrons. The van der Waals surface area contributed by atoms with Gasteiger partial charge in [0, 0.05) is 16.7 Å². The largest absolute Gasteiger partial charge is 0.380 e. The van der Waals surface area contributed by atoms with Crippen LogP contribution in [0.4, 0.5) is 5.69 Å². The predicted octanol–water partition coefficient (Wildman–Crippen LogP) is 3.76. The molecule has 0 unspecified atom stereocenters. The molecule has 1 heterocycles. The van der Waals surface area contributed by atoms with Crippen LogP contribution in [0.15, 0.2) is 47.1 Å². The average molecular weight is 277 g/mol. The van der Waals surface area contributed by atoms with Gasteiger partial charge >= 0.3 is 0 Å². The van der Waals surface area contributed by atoms with E-state index in [2.05, 4.69) is 38.4 Å². The van der Waals surface area contributed by atoms with E-state index in [1.54, 1.807) is 0 Å². The molecule has 82 valence electrons. The first-order chi connectivity index (χ1) is 7.74. The second-order valence-electron chi connectivity index (χ2n) is 3.67. The number of aromatic nitrogens is 1. The van der Waals surface area contributed by atoms with Gasteiger partial charge < -0.3 is 5.32 Å². The summed E-state index contributed by atoms with van der Waals surface area (Å²) in [6.07, 6.45) is 1.86. The Labute approximate surface area is 104 Å². The maximum atomic E-state index is 4.24. The lowest BCUT2D eigenvalue weighted by atomic mass is 10.2. The van der Waals surface area contributed by atoms with Crippen molar-refractivity contribution in [1.29, 1.82) is 0 Å². The van der Waals surface area contributed by atoms with E-state index in [4.69, 9.17) is 0 Å². The van der Waals surface area contributed by atoms with Crippen molar-refractivity contribution in [3.05, 3.63) is 58.3 Å². The molecule has 0 fully saturated rings. The molecular formula is C13H13BrN2. The number of nitrogens with one attached hydrogen (secondary N) is 1. The molecule has 0 aliphatic carbocycles. The summed E-state index contributed by atoms with van der Waals surface area (Å²) in [5.74, 6) is 0. The molecule has 1 aromatic heterocycles. The van der Waals surface area contributed by atoms with Gasteiger partial charge in [-0.1, -0.05) is 28.1 Å². The molecule has 0 saturated carbocycles. The Morgan fingerprint density at radius 1 is 1.12 bits per heavy atom. The van der Waals surface area contributed by atoms with E-state index in [1.807, 2.05) is 37.4 Å². The number of anilines is 1. The second kappa shape index (κ2) is 5.12. The van der Waals surface area contributed by atoms with Gasteiger partial charge in [0.25, 0.3) is 0 Å². The molecule has 0 atom stereocenters. The van der Waals surface area contributed by atoms with E-state index < -0.39 is 0 Å². The molecule has 2 aromatic rings. The first kappa shape index (κ1) is 11.1. The number of aryl methyl sites for hydroxylation is 1. The Morgan fingerprint density at radius 3 is 2.50 bits per heavy atom. The van der Waals surface area contributed by atoms with Crippen molar-refractivity contribution in [3.8, 4) is 0 Å². The molecule has 0 amide bonds. The van der Waals surface area contributed by atoms with Gasteiger partial charge in [-0.2, -0.15) is 0 Å². The Balaban J connectivity index is 1.97. The number of benzene rings is 1. The Bertz CT molecular complexity index is 403. The zero-order valence-electron chi connectivity index (χ0n) is 9.07. The van der Waals surface area contributed by atoms with Gasteiger partial charge in [-0.3, -0.25) is 4.98 Å². The van der Waals surface area contributed by atoms with E-state index in [9.17, 15) is 0 Å². The van der Waals surface area contributed by atoms with Crippen LogP contribution in [0.1, 0.15) is 11.3 Å². The highest BCUT2D eigenvalue weighted by Crippen LogP contribution is 2.12. The topological polar surface area (TPSA) is 24.9 Å². The van der Waals surface area contributed by atoms with Gasteiger partial charge in [0.15, 0.2) is 0 Å². The molecule has 2 rings (SSSR count). The van der Waals surface area contributed by atoms with Gasteiger partial charge in [-0.25, -0.2) is 0 Å². The highest BCUT2D eigenvalue weighted by molar-refractivity contribution is 9.10. The molecule has 0 bridgehead atoms. The van der Waals surface area contributed by atoms with Crippen molar-refractivity contribution in [2.24, 2.45) is 0 Å². The molecule has 2 nitrogen and oxygen atoms in total. The summed E-state index contributed by atoms with van der Waals surface area (Å²) < 4.78 is 1.10. The van der Waals surface area contributed by atoms with Crippen LogP contribution in [0.2, 0.25) is 0 Å². The monoisotopic (exact) mass is 276 g/mol. The molecule has 0 saturated heterocycles. The van der Waals surface area contributed by atoms with Crippen LogP contribution in [0.3, 0.4) is 0 Å². The summed E-state index contributed by atoms with van der Waals surface area (Å²) in [5, 5.41) is 3.33.